The normalized spacial score (nSPS) is 15.4. The van der Waals surface area contributed by atoms with Crippen molar-refractivity contribution in [1.29, 1.82) is 0 Å². The van der Waals surface area contributed by atoms with E-state index in [1.807, 2.05) is 18.3 Å². The minimum absolute atomic E-state index is 1.17. The van der Waals surface area contributed by atoms with Crippen LogP contribution < -0.4 is 4.90 Å². The summed E-state index contributed by atoms with van der Waals surface area (Å²) in [6.07, 6.45) is 9.28. The highest BCUT2D eigenvalue weighted by atomic mass is 15.3. The van der Waals surface area contributed by atoms with Crippen molar-refractivity contribution in [3.63, 3.8) is 0 Å². The highest BCUT2D eigenvalue weighted by molar-refractivity contribution is 5.36. The second-order valence-electron chi connectivity index (χ2n) is 3.76. The highest BCUT2D eigenvalue weighted by Gasteiger charge is 2.10. The second-order valence-corrected chi connectivity index (χ2v) is 3.76. The lowest BCUT2D eigenvalue weighted by Gasteiger charge is -2.26. The van der Waals surface area contributed by atoms with Crippen molar-refractivity contribution in [3.8, 4) is 0 Å². The molecule has 0 saturated carbocycles. The lowest BCUT2D eigenvalue weighted by Crippen LogP contribution is -2.29. The fourth-order valence-electron chi connectivity index (χ4n) is 1.77. The zero-order valence-corrected chi connectivity index (χ0v) is 9.26. The standard InChI is InChI=1S/C8H13N3.C3H4N2/c1-2-6-11(7-3-1)8-4-5-9-10-8;1-2-4-5-3-1/h4-5H,1-3,6-7H2,(H,9,10);1-3H,(H,4,5). The Hall–Kier alpha value is -1.78. The number of aromatic amines is 2. The van der Waals surface area contributed by atoms with Gasteiger partial charge >= 0.3 is 0 Å². The van der Waals surface area contributed by atoms with Gasteiger partial charge in [-0.05, 0) is 25.3 Å². The summed E-state index contributed by atoms with van der Waals surface area (Å²) in [6, 6.07) is 3.87. The molecule has 3 heterocycles. The SMILES string of the molecule is c1cc(N2CCCCC2)[nH]n1.c1cn[nH]c1. The Morgan fingerprint density at radius 2 is 1.94 bits per heavy atom. The minimum Gasteiger partial charge on any atom is -0.357 e. The van der Waals surface area contributed by atoms with E-state index < -0.39 is 0 Å². The van der Waals surface area contributed by atoms with Crippen molar-refractivity contribution in [2.24, 2.45) is 0 Å². The van der Waals surface area contributed by atoms with Crippen LogP contribution in [0.15, 0.2) is 30.7 Å². The molecule has 5 nitrogen and oxygen atoms in total. The summed E-state index contributed by atoms with van der Waals surface area (Å²) in [5.74, 6) is 1.17. The molecule has 0 aliphatic carbocycles. The molecule has 1 aliphatic heterocycles. The number of piperidine rings is 1. The molecule has 2 aromatic heterocycles. The van der Waals surface area contributed by atoms with Crippen molar-refractivity contribution in [1.82, 2.24) is 20.4 Å². The van der Waals surface area contributed by atoms with Gasteiger partial charge in [-0.1, -0.05) is 0 Å². The number of nitrogens with one attached hydrogen (secondary N) is 2. The fourth-order valence-corrected chi connectivity index (χ4v) is 1.77. The van der Waals surface area contributed by atoms with Crippen LogP contribution in [0.5, 0.6) is 0 Å². The second kappa shape index (κ2) is 5.95. The van der Waals surface area contributed by atoms with Crippen LogP contribution in [0.25, 0.3) is 0 Å². The highest BCUT2D eigenvalue weighted by Crippen LogP contribution is 2.15. The molecular formula is C11H17N5. The van der Waals surface area contributed by atoms with E-state index >= 15 is 0 Å². The molecule has 1 aliphatic rings. The Kier molecular flexibility index (Phi) is 3.99. The third kappa shape index (κ3) is 3.12. The van der Waals surface area contributed by atoms with Crippen LogP contribution in [-0.2, 0) is 0 Å². The van der Waals surface area contributed by atoms with E-state index in [1.165, 1.54) is 38.2 Å². The van der Waals surface area contributed by atoms with E-state index in [0.717, 1.165) is 0 Å². The molecule has 5 heteroatoms. The molecule has 86 valence electrons. The summed E-state index contributed by atoms with van der Waals surface area (Å²) in [5.41, 5.74) is 0. The zero-order chi connectivity index (χ0) is 11.1. The number of nitrogens with zero attached hydrogens (tertiary/aromatic N) is 3. The van der Waals surface area contributed by atoms with Gasteiger partial charge in [-0.3, -0.25) is 10.2 Å². The topological polar surface area (TPSA) is 60.6 Å². The first-order valence-electron chi connectivity index (χ1n) is 5.65. The van der Waals surface area contributed by atoms with Crippen LogP contribution in [0.4, 0.5) is 5.82 Å². The van der Waals surface area contributed by atoms with Crippen molar-refractivity contribution >= 4 is 5.82 Å². The van der Waals surface area contributed by atoms with Gasteiger partial charge in [0.15, 0.2) is 0 Å². The molecule has 1 fully saturated rings. The van der Waals surface area contributed by atoms with Gasteiger partial charge in [-0.25, -0.2) is 0 Å². The molecule has 0 spiro atoms. The molecule has 0 bridgehead atoms. The molecule has 2 N–H and O–H groups in total. The van der Waals surface area contributed by atoms with Crippen molar-refractivity contribution in [3.05, 3.63) is 30.7 Å². The van der Waals surface area contributed by atoms with Crippen LogP contribution in [0.2, 0.25) is 0 Å². The molecule has 0 aromatic carbocycles. The van der Waals surface area contributed by atoms with Crippen molar-refractivity contribution in [2.75, 3.05) is 18.0 Å². The molecular weight excluding hydrogens is 202 g/mol. The third-order valence-electron chi connectivity index (χ3n) is 2.59. The van der Waals surface area contributed by atoms with E-state index in [0.29, 0.717) is 0 Å². The summed E-state index contributed by atoms with van der Waals surface area (Å²) in [5, 5.41) is 13.1. The number of anilines is 1. The Labute approximate surface area is 94.9 Å². The quantitative estimate of drug-likeness (QED) is 0.769. The summed E-state index contributed by atoms with van der Waals surface area (Å²) in [4.78, 5) is 2.36. The summed E-state index contributed by atoms with van der Waals surface area (Å²) < 4.78 is 0. The first kappa shape index (κ1) is 10.7. The van der Waals surface area contributed by atoms with E-state index in [4.69, 9.17) is 0 Å². The maximum atomic E-state index is 3.93. The van der Waals surface area contributed by atoms with Gasteiger partial charge < -0.3 is 4.90 Å². The summed E-state index contributed by atoms with van der Waals surface area (Å²) in [6.45, 7) is 2.37. The summed E-state index contributed by atoms with van der Waals surface area (Å²) in [7, 11) is 0. The van der Waals surface area contributed by atoms with Gasteiger partial charge in [-0.2, -0.15) is 10.2 Å². The molecule has 0 radical (unpaired) electrons. The molecule has 0 atom stereocenters. The van der Waals surface area contributed by atoms with E-state index in [9.17, 15) is 0 Å². The molecule has 0 unspecified atom stereocenters. The van der Waals surface area contributed by atoms with Gasteiger partial charge in [0.25, 0.3) is 0 Å². The lowest BCUT2D eigenvalue weighted by atomic mass is 10.1. The third-order valence-corrected chi connectivity index (χ3v) is 2.59. The van der Waals surface area contributed by atoms with Crippen LogP contribution in [0.1, 0.15) is 19.3 Å². The van der Waals surface area contributed by atoms with Crippen LogP contribution in [0, 0.1) is 0 Å². The van der Waals surface area contributed by atoms with Gasteiger partial charge in [0, 0.05) is 31.5 Å². The number of aromatic nitrogens is 4. The van der Waals surface area contributed by atoms with Crippen LogP contribution in [-0.4, -0.2) is 33.5 Å². The van der Waals surface area contributed by atoms with E-state index in [-0.39, 0.29) is 0 Å². The number of hydrogen-bond donors (Lipinski definition) is 2. The largest absolute Gasteiger partial charge is 0.357 e. The van der Waals surface area contributed by atoms with Gasteiger partial charge in [0.2, 0.25) is 0 Å². The predicted octanol–water partition coefficient (Wildman–Crippen LogP) is 1.81. The predicted molar refractivity (Wildman–Crippen MR) is 63.2 cm³/mol. The monoisotopic (exact) mass is 219 g/mol. The number of rotatable bonds is 1. The maximum absolute atomic E-state index is 3.93. The maximum Gasteiger partial charge on any atom is 0.123 e. The Bertz CT molecular complexity index is 330. The average Bonchev–Trinajstić information content (AvgIpc) is 3.07. The first-order valence-corrected chi connectivity index (χ1v) is 5.65. The van der Waals surface area contributed by atoms with Gasteiger partial charge in [-0.15, -0.1) is 0 Å². The lowest BCUT2D eigenvalue weighted by molar-refractivity contribution is 0.573. The van der Waals surface area contributed by atoms with Gasteiger partial charge in [0.1, 0.15) is 5.82 Å². The Morgan fingerprint density at radius 1 is 1.06 bits per heavy atom. The van der Waals surface area contributed by atoms with E-state index in [1.54, 1.807) is 12.4 Å². The zero-order valence-electron chi connectivity index (χ0n) is 9.26. The van der Waals surface area contributed by atoms with Crippen molar-refractivity contribution in [2.45, 2.75) is 19.3 Å². The van der Waals surface area contributed by atoms with E-state index in [2.05, 4.69) is 25.3 Å². The first-order chi connectivity index (χ1) is 7.97. The Morgan fingerprint density at radius 3 is 2.44 bits per heavy atom. The summed E-state index contributed by atoms with van der Waals surface area (Å²) >= 11 is 0. The molecule has 0 amide bonds. The van der Waals surface area contributed by atoms with Crippen LogP contribution in [0.3, 0.4) is 0 Å². The smallest absolute Gasteiger partial charge is 0.123 e. The molecule has 16 heavy (non-hydrogen) atoms. The Balaban J connectivity index is 0.000000162. The minimum atomic E-state index is 1.17. The molecule has 1 saturated heterocycles. The number of hydrogen-bond acceptors (Lipinski definition) is 3. The van der Waals surface area contributed by atoms with Gasteiger partial charge in [0.05, 0.1) is 6.20 Å². The number of H-pyrrole nitrogens is 2. The fraction of sp³-hybridized carbons (Fsp3) is 0.455. The molecule has 2 aromatic rings. The van der Waals surface area contributed by atoms with Crippen molar-refractivity contribution < 1.29 is 0 Å². The van der Waals surface area contributed by atoms with Crippen LogP contribution >= 0.6 is 0 Å². The molecule has 3 rings (SSSR count). The average molecular weight is 219 g/mol.